The Hall–Kier alpha value is -3.91. The van der Waals surface area contributed by atoms with Crippen molar-refractivity contribution in [3.63, 3.8) is 0 Å². The van der Waals surface area contributed by atoms with Crippen LogP contribution < -0.4 is 0 Å². The van der Waals surface area contributed by atoms with Crippen molar-refractivity contribution in [2.24, 2.45) is 5.41 Å². The molecule has 0 amide bonds. The monoisotopic (exact) mass is 441 g/mol. The van der Waals surface area contributed by atoms with Gasteiger partial charge in [0.25, 0.3) is 0 Å². The van der Waals surface area contributed by atoms with E-state index in [0.29, 0.717) is 5.56 Å². The molecule has 0 fully saturated rings. The van der Waals surface area contributed by atoms with Crippen LogP contribution in [0.25, 0.3) is 65.2 Å². The van der Waals surface area contributed by atoms with Gasteiger partial charge in [0.2, 0.25) is 0 Å². The lowest BCUT2D eigenvalue weighted by Crippen LogP contribution is -2.09. The van der Waals surface area contributed by atoms with Crippen LogP contribution in [0.3, 0.4) is 0 Å². The number of furan rings is 1. The fraction of sp³-hybridized carbons (Fsp3) is 0.156. The lowest BCUT2D eigenvalue weighted by atomic mass is 9.85. The smallest absolute Gasteiger partial charge is 0.143 e. The molecule has 0 N–H and O–H groups in total. The maximum absolute atomic E-state index is 9.22. The second kappa shape index (κ2) is 6.80. The van der Waals surface area contributed by atoms with Crippen LogP contribution in [-0.2, 0) is 6.37 Å². The minimum Gasteiger partial charge on any atom is -0.455 e. The molecular weight excluding hydrogens is 414 g/mol. The molecule has 2 nitrogen and oxygen atoms in total. The van der Waals surface area contributed by atoms with Gasteiger partial charge in [-0.1, -0.05) is 81.4 Å². The second-order valence-corrected chi connectivity index (χ2v) is 10.1. The largest absolute Gasteiger partial charge is 0.455 e. The summed E-state index contributed by atoms with van der Waals surface area (Å²) in [6.45, 7) is 5.85. The molecule has 0 aliphatic rings. The quantitative estimate of drug-likeness (QED) is 0.237. The fourth-order valence-electron chi connectivity index (χ4n) is 5.39. The van der Waals surface area contributed by atoms with Crippen LogP contribution >= 0.6 is 0 Å². The molecule has 0 aliphatic heterocycles. The first-order chi connectivity index (χ1) is 17.3. The van der Waals surface area contributed by atoms with Crippen LogP contribution in [0, 0.1) is 5.41 Å². The Morgan fingerprint density at radius 1 is 0.676 bits per heavy atom. The Bertz CT molecular complexity index is 2010. The molecular formula is C32H25NO. The van der Waals surface area contributed by atoms with Gasteiger partial charge in [0.15, 0.2) is 0 Å². The molecule has 0 bridgehead atoms. The van der Waals surface area contributed by atoms with E-state index in [-0.39, 0.29) is 0 Å². The van der Waals surface area contributed by atoms with Crippen molar-refractivity contribution in [2.75, 3.05) is 0 Å². The highest BCUT2D eigenvalue weighted by Gasteiger charge is 2.21. The van der Waals surface area contributed by atoms with Crippen LogP contribution in [-0.4, -0.2) is 4.98 Å². The van der Waals surface area contributed by atoms with Gasteiger partial charge < -0.3 is 4.42 Å². The normalized spacial score (nSPS) is 14.0. The Balaban J connectivity index is 1.80. The summed E-state index contributed by atoms with van der Waals surface area (Å²) in [4.78, 5) is 4.82. The van der Waals surface area contributed by atoms with E-state index in [0.717, 1.165) is 65.2 Å². The third-order valence-corrected chi connectivity index (χ3v) is 6.71. The third-order valence-electron chi connectivity index (χ3n) is 6.71. The molecule has 34 heavy (non-hydrogen) atoms. The second-order valence-electron chi connectivity index (χ2n) is 10.1. The van der Waals surface area contributed by atoms with Gasteiger partial charge in [0, 0.05) is 41.3 Å². The van der Waals surface area contributed by atoms with Gasteiger partial charge in [-0.25, -0.2) is 0 Å². The molecule has 0 saturated heterocycles. The van der Waals surface area contributed by atoms with E-state index in [1.807, 2.05) is 51.1 Å². The number of fused-ring (bicyclic) bond motifs is 12. The number of pyridine rings is 1. The maximum atomic E-state index is 9.22. The van der Waals surface area contributed by atoms with Gasteiger partial charge in [-0.15, -0.1) is 0 Å². The van der Waals surface area contributed by atoms with Crippen molar-refractivity contribution in [3.05, 3.63) is 90.6 Å². The fourth-order valence-corrected chi connectivity index (χ4v) is 5.39. The van der Waals surface area contributed by atoms with Crippen LogP contribution in [0.5, 0.6) is 0 Å². The summed E-state index contributed by atoms with van der Waals surface area (Å²) in [5.41, 5.74) is 2.49. The lowest BCUT2D eigenvalue weighted by Gasteiger charge is -2.20. The van der Waals surface area contributed by atoms with E-state index >= 15 is 0 Å². The summed E-state index contributed by atoms with van der Waals surface area (Å²) in [7, 11) is 0. The average Bonchev–Trinajstić information content (AvgIpc) is 3.27. The summed E-state index contributed by atoms with van der Waals surface area (Å²) >= 11 is 0. The zero-order valence-corrected chi connectivity index (χ0v) is 19.4. The highest BCUT2D eigenvalue weighted by atomic mass is 16.3. The average molecular weight is 442 g/mol. The first kappa shape index (κ1) is 17.6. The zero-order chi connectivity index (χ0) is 24.8. The maximum Gasteiger partial charge on any atom is 0.143 e. The van der Waals surface area contributed by atoms with Gasteiger partial charge in [-0.05, 0) is 51.7 Å². The number of nitrogens with zero attached hydrogens (tertiary/aromatic N) is 1. The van der Waals surface area contributed by atoms with E-state index in [4.69, 9.17) is 9.40 Å². The Kier molecular flexibility index (Phi) is 3.51. The van der Waals surface area contributed by atoms with E-state index < -0.39 is 11.8 Å². The van der Waals surface area contributed by atoms with Gasteiger partial charge in [-0.3, -0.25) is 4.98 Å². The van der Waals surface area contributed by atoms with Gasteiger partial charge >= 0.3 is 0 Å². The number of aromatic nitrogens is 1. The molecule has 0 radical (unpaired) electrons. The molecule has 5 aromatic carbocycles. The SMILES string of the molecule is [2H]C([2H])(c1ccnc2c3ccccc3c3ccc4c5ccc6ccccc6c5oc4c3c12)C(C)(C)C. The molecule has 2 aromatic heterocycles. The van der Waals surface area contributed by atoms with E-state index in [1.165, 1.54) is 0 Å². The number of rotatable bonds is 1. The summed E-state index contributed by atoms with van der Waals surface area (Å²) in [5, 5.41) is 9.23. The Labute approximate surface area is 200 Å². The zero-order valence-electron chi connectivity index (χ0n) is 21.4. The highest BCUT2D eigenvalue weighted by molar-refractivity contribution is 6.32. The van der Waals surface area contributed by atoms with Crippen LogP contribution in [0.1, 0.15) is 29.1 Å². The molecule has 164 valence electrons. The number of hydrogen-bond donors (Lipinski definition) is 0. The first-order valence-corrected chi connectivity index (χ1v) is 11.7. The predicted octanol–water partition coefficient (Wildman–Crippen LogP) is 9.18. The van der Waals surface area contributed by atoms with Crippen molar-refractivity contribution >= 4 is 65.2 Å². The van der Waals surface area contributed by atoms with E-state index in [9.17, 15) is 2.74 Å². The molecule has 7 aromatic rings. The molecule has 2 heterocycles. The summed E-state index contributed by atoms with van der Waals surface area (Å²) < 4.78 is 25.2. The van der Waals surface area contributed by atoms with Gasteiger partial charge in [0.05, 0.1) is 5.52 Å². The van der Waals surface area contributed by atoms with Crippen molar-refractivity contribution in [2.45, 2.75) is 27.1 Å². The van der Waals surface area contributed by atoms with E-state index in [2.05, 4.69) is 48.5 Å². The third kappa shape index (κ3) is 2.72. The van der Waals surface area contributed by atoms with Gasteiger partial charge in [-0.2, -0.15) is 0 Å². The molecule has 0 unspecified atom stereocenters. The highest BCUT2D eigenvalue weighted by Crippen LogP contribution is 2.44. The Morgan fingerprint density at radius 3 is 2.18 bits per heavy atom. The summed E-state index contributed by atoms with van der Waals surface area (Å²) in [5.74, 6) is 0. The van der Waals surface area contributed by atoms with Crippen molar-refractivity contribution in [3.8, 4) is 0 Å². The molecule has 0 spiro atoms. The number of hydrogen-bond acceptors (Lipinski definition) is 2. The van der Waals surface area contributed by atoms with Crippen molar-refractivity contribution in [1.82, 2.24) is 4.98 Å². The van der Waals surface area contributed by atoms with E-state index in [1.54, 1.807) is 6.20 Å². The lowest BCUT2D eigenvalue weighted by molar-refractivity contribution is 0.412. The minimum absolute atomic E-state index is 0.614. The molecule has 7 rings (SSSR count). The summed E-state index contributed by atoms with van der Waals surface area (Å²) in [6.07, 6.45) is 0.149. The van der Waals surface area contributed by atoms with Crippen LogP contribution in [0.2, 0.25) is 0 Å². The van der Waals surface area contributed by atoms with Crippen molar-refractivity contribution in [1.29, 1.82) is 0 Å². The first-order valence-electron chi connectivity index (χ1n) is 12.7. The summed E-state index contributed by atoms with van der Waals surface area (Å²) in [6, 6.07) is 27.0. The van der Waals surface area contributed by atoms with Gasteiger partial charge in [0.1, 0.15) is 11.2 Å². The molecule has 0 aliphatic carbocycles. The Morgan fingerprint density at radius 2 is 1.35 bits per heavy atom. The minimum atomic E-state index is -1.59. The standard InChI is InChI=1S/C32H25NO/c1-32(2,3)18-20-16-17-33-29-24-11-7-6-10-22(24)23-14-15-26-25-13-12-19-8-4-5-9-21(19)30(25)34-31(26)28(23)27(20)29/h4-17H,18H2,1-3H3/i18D2. The molecule has 0 saturated carbocycles. The topological polar surface area (TPSA) is 26.0 Å². The molecule has 0 atom stereocenters. The van der Waals surface area contributed by atoms with Crippen LogP contribution in [0.15, 0.2) is 89.5 Å². The van der Waals surface area contributed by atoms with Crippen molar-refractivity contribution < 1.29 is 7.16 Å². The van der Waals surface area contributed by atoms with Crippen LogP contribution in [0.4, 0.5) is 0 Å². The molecule has 2 heteroatoms. The number of benzene rings is 5. The predicted molar refractivity (Wildman–Crippen MR) is 145 cm³/mol.